The molecule has 14 heavy (non-hydrogen) atoms. The lowest BCUT2D eigenvalue weighted by Crippen LogP contribution is -2.10. The highest BCUT2D eigenvalue weighted by atomic mass is 16.4. The van der Waals surface area contributed by atoms with E-state index in [1.807, 2.05) is 6.92 Å². The molecule has 2 rings (SSSR count). The van der Waals surface area contributed by atoms with Crippen molar-refractivity contribution in [3.8, 4) is 0 Å². The average Bonchev–Trinajstić information content (AvgIpc) is 2.75. The summed E-state index contributed by atoms with van der Waals surface area (Å²) in [5.41, 5.74) is 5.69. The van der Waals surface area contributed by atoms with Gasteiger partial charge < -0.3 is 15.5 Å². The summed E-state index contributed by atoms with van der Waals surface area (Å²) in [6, 6.07) is -0.0575. The molecule has 1 aromatic rings. The number of aromatic nitrogens is 1. The Morgan fingerprint density at radius 1 is 1.79 bits per heavy atom. The molecule has 0 bridgehead atoms. The Balaban J connectivity index is 1.95. The fraction of sp³-hybridized carbons (Fsp3) is 0.700. The molecule has 78 valence electrons. The van der Waals surface area contributed by atoms with Crippen LogP contribution in [0.15, 0.2) is 10.6 Å². The quantitative estimate of drug-likeness (QED) is 0.750. The SMILES string of the molecule is CC(N)c1cnc(CC2CCNC2)o1. The third kappa shape index (κ3) is 2.13. The summed E-state index contributed by atoms with van der Waals surface area (Å²) in [7, 11) is 0. The maximum atomic E-state index is 5.69. The zero-order valence-electron chi connectivity index (χ0n) is 8.49. The van der Waals surface area contributed by atoms with Crippen LogP contribution in [0, 0.1) is 5.92 Å². The summed E-state index contributed by atoms with van der Waals surface area (Å²) >= 11 is 0. The molecule has 3 N–H and O–H groups in total. The van der Waals surface area contributed by atoms with Crippen LogP contribution < -0.4 is 11.1 Å². The van der Waals surface area contributed by atoms with Crippen molar-refractivity contribution in [3.63, 3.8) is 0 Å². The number of nitrogens with two attached hydrogens (primary N) is 1. The van der Waals surface area contributed by atoms with Gasteiger partial charge in [-0.25, -0.2) is 4.98 Å². The first-order valence-corrected chi connectivity index (χ1v) is 5.16. The standard InChI is InChI=1S/C10H17N3O/c1-7(11)9-6-13-10(14-9)4-8-2-3-12-5-8/h6-8,12H,2-5,11H2,1H3. The maximum absolute atomic E-state index is 5.69. The fourth-order valence-electron chi connectivity index (χ4n) is 1.76. The smallest absolute Gasteiger partial charge is 0.194 e. The summed E-state index contributed by atoms with van der Waals surface area (Å²) in [5.74, 6) is 2.28. The second kappa shape index (κ2) is 4.11. The Morgan fingerprint density at radius 3 is 3.21 bits per heavy atom. The van der Waals surface area contributed by atoms with Crippen LogP contribution in [0.5, 0.6) is 0 Å². The Morgan fingerprint density at radius 2 is 2.64 bits per heavy atom. The lowest BCUT2D eigenvalue weighted by molar-refractivity contribution is 0.404. The summed E-state index contributed by atoms with van der Waals surface area (Å²) in [5, 5.41) is 3.33. The highest BCUT2D eigenvalue weighted by molar-refractivity contribution is 4.99. The van der Waals surface area contributed by atoms with Crippen molar-refractivity contribution < 1.29 is 4.42 Å². The minimum absolute atomic E-state index is 0.0575. The molecule has 0 amide bonds. The summed E-state index contributed by atoms with van der Waals surface area (Å²) in [4.78, 5) is 4.23. The molecule has 1 fully saturated rings. The minimum Gasteiger partial charge on any atom is -0.444 e. The van der Waals surface area contributed by atoms with Crippen molar-refractivity contribution in [1.29, 1.82) is 0 Å². The van der Waals surface area contributed by atoms with E-state index in [9.17, 15) is 0 Å². The summed E-state index contributed by atoms with van der Waals surface area (Å²) < 4.78 is 5.54. The van der Waals surface area contributed by atoms with Gasteiger partial charge >= 0.3 is 0 Å². The van der Waals surface area contributed by atoms with Crippen LogP contribution in [0.3, 0.4) is 0 Å². The first-order valence-electron chi connectivity index (χ1n) is 5.16. The van der Waals surface area contributed by atoms with Gasteiger partial charge in [0.15, 0.2) is 5.89 Å². The Labute approximate surface area is 83.9 Å². The van der Waals surface area contributed by atoms with Crippen molar-refractivity contribution in [1.82, 2.24) is 10.3 Å². The molecule has 1 aliphatic rings. The van der Waals surface area contributed by atoms with E-state index in [-0.39, 0.29) is 6.04 Å². The Bertz CT molecular complexity index is 289. The maximum Gasteiger partial charge on any atom is 0.194 e. The van der Waals surface area contributed by atoms with E-state index < -0.39 is 0 Å². The van der Waals surface area contributed by atoms with Crippen LogP contribution in [0.25, 0.3) is 0 Å². The predicted molar refractivity (Wildman–Crippen MR) is 53.8 cm³/mol. The topological polar surface area (TPSA) is 64.1 Å². The van der Waals surface area contributed by atoms with Gasteiger partial charge in [0.1, 0.15) is 5.76 Å². The summed E-state index contributed by atoms with van der Waals surface area (Å²) in [6.45, 7) is 4.10. The first-order chi connectivity index (χ1) is 6.75. The van der Waals surface area contributed by atoms with Gasteiger partial charge in [0.25, 0.3) is 0 Å². The van der Waals surface area contributed by atoms with E-state index in [0.29, 0.717) is 5.92 Å². The number of rotatable bonds is 3. The fourth-order valence-corrected chi connectivity index (χ4v) is 1.76. The molecule has 0 aliphatic carbocycles. The molecular formula is C10H17N3O. The second-order valence-electron chi connectivity index (χ2n) is 4.01. The molecular weight excluding hydrogens is 178 g/mol. The number of oxazole rings is 1. The lowest BCUT2D eigenvalue weighted by atomic mass is 10.1. The molecule has 2 heterocycles. The number of nitrogens with one attached hydrogen (secondary N) is 1. The average molecular weight is 195 g/mol. The lowest BCUT2D eigenvalue weighted by Gasteiger charge is -2.03. The van der Waals surface area contributed by atoms with Gasteiger partial charge in [-0.15, -0.1) is 0 Å². The van der Waals surface area contributed by atoms with Crippen LogP contribution in [0.2, 0.25) is 0 Å². The van der Waals surface area contributed by atoms with Gasteiger partial charge in [0.2, 0.25) is 0 Å². The molecule has 0 spiro atoms. The van der Waals surface area contributed by atoms with Crippen molar-refractivity contribution in [2.24, 2.45) is 11.7 Å². The van der Waals surface area contributed by atoms with Crippen LogP contribution in [-0.4, -0.2) is 18.1 Å². The summed E-state index contributed by atoms with van der Waals surface area (Å²) in [6.07, 6.45) is 3.89. The van der Waals surface area contributed by atoms with Gasteiger partial charge in [-0.3, -0.25) is 0 Å². The van der Waals surface area contributed by atoms with Gasteiger partial charge in [0, 0.05) is 6.42 Å². The molecule has 0 radical (unpaired) electrons. The van der Waals surface area contributed by atoms with E-state index in [0.717, 1.165) is 31.2 Å². The van der Waals surface area contributed by atoms with E-state index >= 15 is 0 Å². The monoisotopic (exact) mass is 195 g/mol. The molecule has 0 saturated carbocycles. The van der Waals surface area contributed by atoms with Gasteiger partial charge in [-0.2, -0.15) is 0 Å². The molecule has 1 aliphatic heterocycles. The van der Waals surface area contributed by atoms with Crippen LogP contribution in [-0.2, 0) is 6.42 Å². The normalized spacial score (nSPS) is 24.0. The molecule has 0 aromatic carbocycles. The van der Waals surface area contributed by atoms with Crippen molar-refractivity contribution in [2.75, 3.05) is 13.1 Å². The van der Waals surface area contributed by atoms with E-state index in [1.165, 1.54) is 6.42 Å². The largest absolute Gasteiger partial charge is 0.444 e. The van der Waals surface area contributed by atoms with Crippen molar-refractivity contribution in [2.45, 2.75) is 25.8 Å². The molecule has 2 unspecified atom stereocenters. The molecule has 4 heteroatoms. The van der Waals surface area contributed by atoms with Crippen LogP contribution >= 0.6 is 0 Å². The predicted octanol–water partition coefficient (Wildman–Crippen LogP) is 0.846. The van der Waals surface area contributed by atoms with E-state index in [4.69, 9.17) is 10.2 Å². The number of hydrogen-bond acceptors (Lipinski definition) is 4. The highest BCUT2D eigenvalue weighted by Gasteiger charge is 2.18. The van der Waals surface area contributed by atoms with Crippen molar-refractivity contribution in [3.05, 3.63) is 17.8 Å². The molecule has 1 saturated heterocycles. The van der Waals surface area contributed by atoms with Crippen LogP contribution in [0.1, 0.15) is 31.0 Å². The number of nitrogens with zero attached hydrogens (tertiary/aromatic N) is 1. The third-order valence-electron chi connectivity index (χ3n) is 2.65. The molecule has 1 aromatic heterocycles. The van der Waals surface area contributed by atoms with Crippen molar-refractivity contribution >= 4 is 0 Å². The van der Waals surface area contributed by atoms with E-state index in [1.54, 1.807) is 6.20 Å². The van der Waals surface area contributed by atoms with E-state index in [2.05, 4.69) is 10.3 Å². The molecule has 2 atom stereocenters. The highest BCUT2D eigenvalue weighted by Crippen LogP contribution is 2.17. The molecule has 4 nitrogen and oxygen atoms in total. The van der Waals surface area contributed by atoms with Gasteiger partial charge in [0.05, 0.1) is 12.2 Å². The minimum atomic E-state index is -0.0575. The van der Waals surface area contributed by atoms with Gasteiger partial charge in [-0.05, 0) is 32.4 Å². The number of hydrogen-bond donors (Lipinski definition) is 2. The zero-order valence-corrected chi connectivity index (χ0v) is 8.49. The first kappa shape index (κ1) is 9.68. The van der Waals surface area contributed by atoms with Gasteiger partial charge in [-0.1, -0.05) is 0 Å². The Hall–Kier alpha value is -0.870. The zero-order chi connectivity index (χ0) is 9.97. The second-order valence-corrected chi connectivity index (χ2v) is 4.01. The Kier molecular flexibility index (Phi) is 2.84. The third-order valence-corrected chi connectivity index (χ3v) is 2.65. The van der Waals surface area contributed by atoms with Crippen LogP contribution in [0.4, 0.5) is 0 Å².